The molecule has 0 aromatic heterocycles. The number of anilines is 1. The first-order chi connectivity index (χ1) is 7.61. The van der Waals surface area contributed by atoms with E-state index < -0.39 is 0 Å². The van der Waals surface area contributed by atoms with Gasteiger partial charge in [0.1, 0.15) is 0 Å². The van der Waals surface area contributed by atoms with Gasteiger partial charge in [0.05, 0.1) is 6.61 Å². The highest BCUT2D eigenvalue weighted by atomic mass is 79.9. The van der Waals surface area contributed by atoms with Gasteiger partial charge in [0, 0.05) is 34.9 Å². The maximum absolute atomic E-state index is 9.10. The number of rotatable bonds is 5. The Hall–Kier alpha value is -0.580. The van der Waals surface area contributed by atoms with E-state index in [0.717, 1.165) is 15.7 Å². The summed E-state index contributed by atoms with van der Waals surface area (Å²) < 4.78 is 1.02. The summed E-state index contributed by atoms with van der Waals surface area (Å²) in [5.41, 5.74) is 7.95. The molecule has 1 rings (SSSR count). The molecular formula is C12H19BrN2O. The highest BCUT2D eigenvalue weighted by molar-refractivity contribution is 9.10. The Labute approximate surface area is 105 Å². The van der Waals surface area contributed by atoms with Gasteiger partial charge in [-0.3, -0.25) is 0 Å². The average molecular weight is 287 g/mol. The Balaban J connectivity index is 3.12. The van der Waals surface area contributed by atoms with Crippen LogP contribution in [0.2, 0.25) is 0 Å². The third-order valence-electron chi connectivity index (χ3n) is 2.57. The molecule has 0 amide bonds. The van der Waals surface area contributed by atoms with Crippen LogP contribution in [0.25, 0.3) is 0 Å². The highest BCUT2D eigenvalue weighted by Crippen LogP contribution is 2.28. The normalized spacial score (nSPS) is 10.9. The number of aliphatic hydroxyl groups excluding tert-OH is 1. The molecule has 0 aliphatic carbocycles. The van der Waals surface area contributed by atoms with Crippen LogP contribution in [0, 0.1) is 0 Å². The molecule has 4 heteroatoms. The molecule has 1 aromatic carbocycles. The van der Waals surface area contributed by atoms with Crippen molar-refractivity contribution in [3.8, 4) is 0 Å². The molecule has 16 heavy (non-hydrogen) atoms. The SMILES string of the molecule is CC(C)N(CCO)c1cccc(Br)c1CN. The molecule has 0 heterocycles. The van der Waals surface area contributed by atoms with E-state index in [0.29, 0.717) is 19.1 Å². The predicted molar refractivity (Wildman–Crippen MR) is 71.6 cm³/mol. The molecule has 0 fully saturated rings. The lowest BCUT2D eigenvalue weighted by molar-refractivity contribution is 0.299. The summed E-state index contributed by atoms with van der Waals surface area (Å²) in [7, 11) is 0. The third kappa shape index (κ3) is 2.97. The van der Waals surface area contributed by atoms with Crippen molar-refractivity contribution in [1.82, 2.24) is 0 Å². The number of benzene rings is 1. The van der Waals surface area contributed by atoms with Crippen molar-refractivity contribution in [1.29, 1.82) is 0 Å². The Bertz CT molecular complexity index is 342. The van der Waals surface area contributed by atoms with E-state index in [1.54, 1.807) is 0 Å². The molecule has 1 aromatic rings. The van der Waals surface area contributed by atoms with Crippen molar-refractivity contribution in [2.75, 3.05) is 18.1 Å². The van der Waals surface area contributed by atoms with Crippen LogP contribution in [0.15, 0.2) is 22.7 Å². The first-order valence-electron chi connectivity index (χ1n) is 5.46. The zero-order valence-electron chi connectivity index (χ0n) is 9.78. The van der Waals surface area contributed by atoms with Crippen molar-refractivity contribution in [3.63, 3.8) is 0 Å². The van der Waals surface area contributed by atoms with Gasteiger partial charge in [-0.15, -0.1) is 0 Å². The van der Waals surface area contributed by atoms with Crippen molar-refractivity contribution in [2.24, 2.45) is 5.73 Å². The molecule has 0 saturated carbocycles. The first kappa shape index (κ1) is 13.5. The van der Waals surface area contributed by atoms with E-state index in [4.69, 9.17) is 10.8 Å². The van der Waals surface area contributed by atoms with E-state index in [9.17, 15) is 0 Å². The summed E-state index contributed by atoms with van der Waals surface area (Å²) in [6.45, 7) is 5.48. The number of halogens is 1. The highest BCUT2D eigenvalue weighted by Gasteiger charge is 2.14. The van der Waals surface area contributed by atoms with Gasteiger partial charge in [-0.05, 0) is 26.0 Å². The van der Waals surface area contributed by atoms with Crippen LogP contribution in [-0.2, 0) is 6.54 Å². The number of aliphatic hydroxyl groups is 1. The fourth-order valence-electron chi connectivity index (χ4n) is 1.78. The maximum atomic E-state index is 9.10. The zero-order valence-corrected chi connectivity index (χ0v) is 11.4. The van der Waals surface area contributed by atoms with Crippen LogP contribution in [0.4, 0.5) is 5.69 Å². The lowest BCUT2D eigenvalue weighted by Gasteiger charge is -2.30. The predicted octanol–water partition coefficient (Wildman–Crippen LogP) is 2.11. The molecule has 0 aliphatic heterocycles. The Morgan fingerprint density at radius 3 is 2.62 bits per heavy atom. The molecule has 0 unspecified atom stereocenters. The van der Waals surface area contributed by atoms with Crippen molar-refractivity contribution < 1.29 is 5.11 Å². The van der Waals surface area contributed by atoms with Crippen LogP contribution in [-0.4, -0.2) is 24.3 Å². The smallest absolute Gasteiger partial charge is 0.0606 e. The summed E-state index contributed by atoms with van der Waals surface area (Å²) in [6, 6.07) is 6.36. The molecule has 0 aliphatic rings. The number of hydrogen-bond acceptors (Lipinski definition) is 3. The monoisotopic (exact) mass is 286 g/mol. The molecule has 0 radical (unpaired) electrons. The largest absolute Gasteiger partial charge is 0.395 e. The van der Waals surface area contributed by atoms with Gasteiger partial charge in [-0.1, -0.05) is 22.0 Å². The van der Waals surface area contributed by atoms with Crippen molar-refractivity contribution in [2.45, 2.75) is 26.4 Å². The fraction of sp³-hybridized carbons (Fsp3) is 0.500. The summed E-state index contributed by atoms with van der Waals surface area (Å²) in [5, 5.41) is 9.10. The van der Waals surface area contributed by atoms with Crippen LogP contribution < -0.4 is 10.6 Å². The number of nitrogens with two attached hydrogens (primary N) is 1. The van der Waals surface area contributed by atoms with E-state index in [1.807, 2.05) is 18.2 Å². The topological polar surface area (TPSA) is 49.5 Å². The summed E-state index contributed by atoms with van der Waals surface area (Å²) >= 11 is 3.51. The Morgan fingerprint density at radius 2 is 2.12 bits per heavy atom. The minimum absolute atomic E-state index is 0.148. The molecule has 0 saturated heterocycles. The standard InChI is InChI=1S/C12H19BrN2O/c1-9(2)15(6-7-16)12-5-3-4-11(13)10(12)8-14/h3-5,9,16H,6-8,14H2,1-2H3. The first-order valence-corrected chi connectivity index (χ1v) is 6.26. The minimum atomic E-state index is 0.148. The van der Waals surface area contributed by atoms with Crippen molar-refractivity contribution >= 4 is 21.6 Å². The van der Waals surface area contributed by atoms with E-state index in [2.05, 4.69) is 34.7 Å². The summed E-state index contributed by atoms with van der Waals surface area (Å²) in [5.74, 6) is 0. The number of nitrogens with zero attached hydrogens (tertiary/aromatic N) is 1. The van der Waals surface area contributed by atoms with Crippen LogP contribution in [0.3, 0.4) is 0 Å². The Morgan fingerprint density at radius 1 is 1.44 bits per heavy atom. The Kier molecular flexibility index (Phi) is 5.25. The summed E-state index contributed by atoms with van der Waals surface area (Å²) in [6.07, 6.45) is 0. The van der Waals surface area contributed by atoms with Gasteiger partial charge < -0.3 is 15.7 Å². The lowest BCUT2D eigenvalue weighted by Crippen LogP contribution is -2.34. The average Bonchev–Trinajstić information content (AvgIpc) is 2.25. The molecular weight excluding hydrogens is 268 g/mol. The van der Waals surface area contributed by atoms with Crippen LogP contribution in [0.1, 0.15) is 19.4 Å². The molecule has 0 atom stereocenters. The van der Waals surface area contributed by atoms with Gasteiger partial charge in [0.25, 0.3) is 0 Å². The second-order valence-electron chi connectivity index (χ2n) is 3.95. The number of hydrogen-bond donors (Lipinski definition) is 2. The molecule has 3 N–H and O–H groups in total. The third-order valence-corrected chi connectivity index (χ3v) is 3.31. The van der Waals surface area contributed by atoms with E-state index in [-0.39, 0.29) is 6.61 Å². The lowest BCUT2D eigenvalue weighted by atomic mass is 10.1. The van der Waals surface area contributed by atoms with Crippen LogP contribution in [0.5, 0.6) is 0 Å². The maximum Gasteiger partial charge on any atom is 0.0606 e. The van der Waals surface area contributed by atoms with E-state index in [1.165, 1.54) is 0 Å². The van der Waals surface area contributed by atoms with Gasteiger partial charge in [-0.25, -0.2) is 0 Å². The quantitative estimate of drug-likeness (QED) is 0.872. The van der Waals surface area contributed by atoms with E-state index >= 15 is 0 Å². The molecule has 0 spiro atoms. The molecule has 0 bridgehead atoms. The van der Waals surface area contributed by atoms with Crippen molar-refractivity contribution in [3.05, 3.63) is 28.2 Å². The molecule has 90 valence electrons. The zero-order chi connectivity index (χ0) is 12.1. The van der Waals surface area contributed by atoms with Gasteiger partial charge >= 0.3 is 0 Å². The van der Waals surface area contributed by atoms with Gasteiger partial charge in [-0.2, -0.15) is 0 Å². The fourth-order valence-corrected chi connectivity index (χ4v) is 2.30. The minimum Gasteiger partial charge on any atom is -0.395 e. The summed E-state index contributed by atoms with van der Waals surface area (Å²) in [4.78, 5) is 2.16. The second-order valence-corrected chi connectivity index (χ2v) is 4.81. The van der Waals surface area contributed by atoms with Gasteiger partial charge in [0.15, 0.2) is 0 Å². The molecule has 3 nitrogen and oxygen atoms in total. The van der Waals surface area contributed by atoms with Gasteiger partial charge in [0.2, 0.25) is 0 Å². The second kappa shape index (κ2) is 6.23. The van der Waals surface area contributed by atoms with Crippen LogP contribution >= 0.6 is 15.9 Å².